The van der Waals surface area contributed by atoms with Gasteiger partial charge in [0, 0.05) is 21.9 Å². The number of rotatable bonds is 2. The van der Waals surface area contributed by atoms with Gasteiger partial charge in [-0.1, -0.05) is 40.2 Å². The summed E-state index contributed by atoms with van der Waals surface area (Å²) in [6.45, 7) is 1.31. The Labute approximate surface area is 131 Å². The van der Waals surface area contributed by atoms with Crippen molar-refractivity contribution in [3.8, 4) is 5.69 Å². The first-order valence-electron chi connectivity index (χ1n) is 6.92. The van der Waals surface area contributed by atoms with Crippen molar-refractivity contribution < 1.29 is 9.47 Å². The Morgan fingerprint density at radius 2 is 1.81 bits per heavy atom. The van der Waals surface area contributed by atoms with Crippen molar-refractivity contribution in [1.29, 1.82) is 0 Å². The van der Waals surface area contributed by atoms with Crippen LogP contribution < -0.4 is 0 Å². The number of nitrogens with zero attached hydrogens (tertiary/aromatic N) is 1. The fraction of sp³-hybridized carbons (Fsp3) is 0.176. The Balaban J connectivity index is 1.77. The van der Waals surface area contributed by atoms with Crippen molar-refractivity contribution in [3.05, 3.63) is 64.8 Å². The van der Waals surface area contributed by atoms with E-state index in [1.54, 1.807) is 0 Å². The van der Waals surface area contributed by atoms with Crippen LogP contribution in [-0.2, 0) is 9.47 Å². The molecule has 2 aromatic carbocycles. The fourth-order valence-electron chi connectivity index (χ4n) is 2.70. The van der Waals surface area contributed by atoms with Gasteiger partial charge in [-0.05, 0) is 29.7 Å². The van der Waals surface area contributed by atoms with Gasteiger partial charge in [-0.25, -0.2) is 0 Å². The highest BCUT2D eigenvalue weighted by atomic mass is 79.9. The second-order valence-electron chi connectivity index (χ2n) is 5.02. The molecule has 3 aromatic rings. The number of hydrogen-bond donors (Lipinski definition) is 0. The third-order valence-corrected chi connectivity index (χ3v) is 4.42. The summed E-state index contributed by atoms with van der Waals surface area (Å²) in [5, 5.41) is 1.24. The van der Waals surface area contributed by atoms with E-state index in [4.69, 9.17) is 9.47 Å². The summed E-state index contributed by atoms with van der Waals surface area (Å²) in [4.78, 5) is 0. The molecule has 0 atom stereocenters. The summed E-state index contributed by atoms with van der Waals surface area (Å²) in [6, 6.07) is 16.7. The van der Waals surface area contributed by atoms with Crippen molar-refractivity contribution in [1.82, 2.24) is 4.57 Å². The lowest BCUT2D eigenvalue weighted by Gasteiger charge is -2.13. The number of ether oxygens (including phenoxy) is 2. The van der Waals surface area contributed by atoms with Crippen LogP contribution in [0.4, 0.5) is 0 Å². The topological polar surface area (TPSA) is 23.4 Å². The molecule has 1 aromatic heterocycles. The molecular formula is C17H14BrNO2. The molecule has 0 spiro atoms. The van der Waals surface area contributed by atoms with Crippen LogP contribution in [-0.4, -0.2) is 17.8 Å². The van der Waals surface area contributed by atoms with Crippen LogP contribution in [0.1, 0.15) is 11.9 Å². The maximum absolute atomic E-state index is 5.56. The zero-order valence-corrected chi connectivity index (χ0v) is 12.9. The van der Waals surface area contributed by atoms with Crippen molar-refractivity contribution in [3.63, 3.8) is 0 Å². The van der Waals surface area contributed by atoms with Crippen molar-refractivity contribution >= 4 is 26.8 Å². The lowest BCUT2D eigenvalue weighted by Crippen LogP contribution is -2.00. The normalized spacial score (nSPS) is 15.9. The third kappa shape index (κ3) is 2.29. The quantitative estimate of drug-likeness (QED) is 0.686. The highest BCUT2D eigenvalue weighted by molar-refractivity contribution is 9.10. The zero-order valence-electron chi connectivity index (χ0n) is 11.3. The van der Waals surface area contributed by atoms with E-state index < -0.39 is 0 Å². The molecule has 0 amide bonds. The number of hydrogen-bond acceptors (Lipinski definition) is 2. The third-order valence-electron chi connectivity index (χ3n) is 3.74. The SMILES string of the molecule is Brc1cc(-n2ccc3ccccc32)ccc1C1OCCO1. The number of para-hydroxylation sites is 1. The first kappa shape index (κ1) is 13.1. The van der Waals surface area contributed by atoms with Crippen LogP contribution >= 0.6 is 15.9 Å². The van der Waals surface area contributed by atoms with E-state index in [1.807, 2.05) is 0 Å². The van der Waals surface area contributed by atoms with E-state index >= 15 is 0 Å². The molecular weight excluding hydrogens is 330 g/mol. The second kappa shape index (κ2) is 5.30. The number of aromatic nitrogens is 1. The molecule has 0 aliphatic carbocycles. The van der Waals surface area contributed by atoms with Crippen LogP contribution in [0.3, 0.4) is 0 Å². The van der Waals surface area contributed by atoms with Gasteiger partial charge in [-0.2, -0.15) is 0 Å². The lowest BCUT2D eigenvalue weighted by molar-refractivity contribution is -0.0446. The molecule has 0 N–H and O–H groups in total. The molecule has 0 radical (unpaired) electrons. The second-order valence-corrected chi connectivity index (χ2v) is 5.88. The Morgan fingerprint density at radius 1 is 1.00 bits per heavy atom. The highest BCUT2D eigenvalue weighted by Crippen LogP contribution is 2.32. The Hall–Kier alpha value is -1.62. The first-order valence-corrected chi connectivity index (χ1v) is 7.71. The molecule has 0 bridgehead atoms. The van der Waals surface area contributed by atoms with Gasteiger partial charge in [0.2, 0.25) is 0 Å². The summed E-state index contributed by atoms with van der Waals surface area (Å²) < 4.78 is 14.3. The molecule has 0 saturated carbocycles. The molecule has 2 heterocycles. The molecule has 1 saturated heterocycles. The van der Waals surface area contributed by atoms with Gasteiger partial charge in [0.25, 0.3) is 0 Å². The summed E-state index contributed by atoms with van der Waals surface area (Å²) in [6.07, 6.45) is 1.84. The van der Waals surface area contributed by atoms with E-state index in [-0.39, 0.29) is 6.29 Å². The molecule has 0 unspecified atom stereocenters. The van der Waals surface area contributed by atoms with Gasteiger partial charge in [-0.3, -0.25) is 0 Å². The number of fused-ring (bicyclic) bond motifs is 1. The van der Waals surface area contributed by atoms with Gasteiger partial charge in [-0.15, -0.1) is 0 Å². The van der Waals surface area contributed by atoms with Crippen LogP contribution in [0.25, 0.3) is 16.6 Å². The summed E-state index contributed by atoms with van der Waals surface area (Å²) in [5.74, 6) is 0. The number of benzene rings is 2. The molecule has 3 nitrogen and oxygen atoms in total. The standard InChI is InChI=1S/C17H14BrNO2/c18-15-11-13(5-6-14(15)17-20-9-10-21-17)19-8-7-12-3-1-2-4-16(12)19/h1-8,11,17H,9-10H2. The fourth-order valence-corrected chi connectivity index (χ4v) is 3.26. The minimum Gasteiger partial charge on any atom is -0.346 e. The summed E-state index contributed by atoms with van der Waals surface area (Å²) in [5.41, 5.74) is 3.35. The Morgan fingerprint density at radius 3 is 2.62 bits per heavy atom. The predicted molar refractivity (Wildman–Crippen MR) is 85.6 cm³/mol. The summed E-state index contributed by atoms with van der Waals surface area (Å²) >= 11 is 3.63. The number of halogens is 1. The minimum absolute atomic E-state index is 0.255. The van der Waals surface area contributed by atoms with Gasteiger partial charge in [0.15, 0.2) is 6.29 Å². The van der Waals surface area contributed by atoms with E-state index in [1.165, 1.54) is 10.9 Å². The van der Waals surface area contributed by atoms with E-state index in [0.29, 0.717) is 13.2 Å². The van der Waals surface area contributed by atoms with Crippen LogP contribution in [0.5, 0.6) is 0 Å². The monoisotopic (exact) mass is 343 g/mol. The Kier molecular flexibility index (Phi) is 3.30. The maximum atomic E-state index is 5.56. The zero-order chi connectivity index (χ0) is 14.2. The van der Waals surface area contributed by atoms with Gasteiger partial charge < -0.3 is 14.0 Å². The molecule has 1 aliphatic heterocycles. The average Bonchev–Trinajstić information content (AvgIpc) is 3.16. The van der Waals surface area contributed by atoms with E-state index in [9.17, 15) is 0 Å². The highest BCUT2D eigenvalue weighted by Gasteiger charge is 2.21. The average molecular weight is 344 g/mol. The van der Waals surface area contributed by atoms with Crippen molar-refractivity contribution in [2.24, 2.45) is 0 Å². The molecule has 21 heavy (non-hydrogen) atoms. The lowest BCUT2D eigenvalue weighted by atomic mass is 10.2. The van der Waals surface area contributed by atoms with Crippen molar-refractivity contribution in [2.75, 3.05) is 13.2 Å². The smallest absolute Gasteiger partial charge is 0.185 e. The van der Waals surface area contributed by atoms with Crippen molar-refractivity contribution in [2.45, 2.75) is 6.29 Å². The van der Waals surface area contributed by atoms with Gasteiger partial charge >= 0.3 is 0 Å². The predicted octanol–water partition coefficient (Wildman–Crippen LogP) is 4.44. The van der Waals surface area contributed by atoms with Crippen LogP contribution in [0, 0.1) is 0 Å². The van der Waals surface area contributed by atoms with Gasteiger partial charge in [0.1, 0.15) is 0 Å². The van der Waals surface area contributed by atoms with Crippen LogP contribution in [0.15, 0.2) is 59.2 Å². The minimum atomic E-state index is -0.255. The molecule has 1 fully saturated rings. The molecule has 106 valence electrons. The Bertz CT molecular complexity index is 790. The molecule has 4 rings (SSSR count). The molecule has 4 heteroatoms. The maximum Gasteiger partial charge on any atom is 0.185 e. The van der Waals surface area contributed by atoms with Crippen LogP contribution in [0.2, 0.25) is 0 Å². The van der Waals surface area contributed by atoms with Gasteiger partial charge in [0.05, 0.1) is 18.7 Å². The van der Waals surface area contributed by atoms with E-state index in [0.717, 1.165) is 15.7 Å². The first-order chi connectivity index (χ1) is 10.3. The van der Waals surface area contributed by atoms with E-state index in [2.05, 4.69) is 75.2 Å². The summed E-state index contributed by atoms with van der Waals surface area (Å²) in [7, 11) is 0. The largest absolute Gasteiger partial charge is 0.346 e. The molecule has 1 aliphatic rings.